The standard InChI is InChI=1S/C23H25F2N7O3/c1-22(2,3)35-21(34)16-13-28-18(19(26)29-16)17-11-15(30-32(17)14-5-4-8-27-12-14)20(33)31-9-6-23(24,25)7-10-31/h4-5,8,11-13H,6-7,9-10H2,1-3H3,(H2,26,29). The minimum atomic E-state index is -2.78. The summed E-state index contributed by atoms with van der Waals surface area (Å²) in [5.41, 5.74) is 6.40. The summed E-state index contributed by atoms with van der Waals surface area (Å²) in [6, 6.07) is 4.88. The number of nitrogens with zero attached hydrogens (tertiary/aromatic N) is 6. The quantitative estimate of drug-likeness (QED) is 0.558. The number of rotatable bonds is 4. The summed E-state index contributed by atoms with van der Waals surface area (Å²) in [5, 5.41) is 4.40. The number of halogens is 2. The second-order valence-corrected chi connectivity index (χ2v) is 9.18. The fourth-order valence-corrected chi connectivity index (χ4v) is 3.56. The van der Waals surface area contributed by atoms with Gasteiger partial charge in [-0.3, -0.25) is 9.78 Å². The Balaban J connectivity index is 1.71. The van der Waals surface area contributed by atoms with Crippen molar-refractivity contribution in [1.82, 2.24) is 29.6 Å². The van der Waals surface area contributed by atoms with Gasteiger partial charge in [-0.2, -0.15) is 5.10 Å². The molecular formula is C23H25F2N7O3. The van der Waals surface area contributed by atoms with Crippen molar-refractivity contribution in [3.63, 3.8) is 0 Å². The molecule has 3 aromatic heterocycles. The molecule has 0 bridgehead atoms. The average molecular weight is 485 g/mol. The van der Waals surface area contributed by atoms with Gasteiger partial charge in [-0.1, -0.05) is 0 Å². The number of piperidine rings is 1. The van der Waals surface area contributed by atoms with Gasteiger partial charge >= 0.3 is 5.97 Å². The van der Waals surface area contributed by atoms with Crippen LogP contribution in [0, 0.1) is 0 Å². The smallest absolute Gasteiger partial charge is 0.359 e. The number of amides is 1. The number of nitrogens with two attached hydrogens (primary N) is 1. The highest BCUT2D eigenvalue weighted by Gasteiger charge is 2.36. The maximum Gasteiger partial charge on any atom is 0.359 e. The number of hydrogen-bond donors (Lipinski definition) is 1. The molecule has 1 aliphatic heterocycles. The zero-order valence-corrected chi connectivity index (χ0v) is 19.5. The summed E-state index contributed by atoms with van der Waals surface area (Å²) >= 11 is 0. The van der Waals surface area contributed by atoms with Crippen molar-refractivity contribution in [2.45, 2.75) is 45.1 Å². The predicted molar refractivity (Wildman–Crippen MR) is 122 cm³/mol. The topological polar surface area (TPSA) is 129 Å². The summed E-state index contributed by atoms with van der Waals surface area (Å²) < 4.78 is 33.8. The van der Waals surface area contributed by atoms with E-state index >= 15 is 0 Å². The number of nitrogen functional groups attached to an aromatic ring is 1. The molecule has 0 spiro atoms. The molecule has 0 aromatic carbocycles. The van der Waals surface area contributed by atoms with E-state index in [0.717, 1.165) is 0 Å². The SMILES string of the molecule is CC(C)(C)OC(=O)c1cnc(-c2cc(C(=O)N3CCC(F)(F)CC3)nn2-c2cccnc2)c(N)n1. The maximum absolute atomic E-state index is 13.6. The molecule has 184 valence electrons. The second kappa shape index (κ2) is 9.01. The van der Waals surface area contributed by atoms with Gasteiger partial charge in [0.1, 0.15) is 11.3 Å². The Labute approximate surface area is 200 Å². The molecule has 0 radical (unpaired) electrons. The number of ether oxygens (including phenoxy) is 1. The molecule has 1 amide bonds. The van der Waals surface area contributed by atoms with E-state index in [1.165, 1.54) is 28.0 Å². The molecule has 1 saturated heterocycles. The minimum Gasteiger partial charge on any atom is -0.455 e. The monoisotopic (exact) mass is 485 g/mol. The van der Waals surface area contributed by atoms with Crippen molar-refractivity contribution < 1.29 is 23.1 Å². The minimum absolute atomic E-state index is 0.0338. The van der Waals surface area contributed by atoms with Crippen LogP contribution in [0.5, 0.6) is 0 Å². The van der Waals surface area contributed by atoms with E-state index in [-0.39, 0.29) is 36.0 Å². The van der Waals surface area contributed by atoms with Crippen LogP contribution in [0.1, 0.15) is 54.6 Å². The second-order valence-electron chi connectivity index (χ2n) is 9.18. The summed E-state index contributed by atoms with van der Waals surface area (Å²) in [7, 11) is 0. The van der Waals surface area contributed by atoms with Crippen LogP contribution in [0.4, 0.5) is 14.6 Å². The fourth-order valence-electron chi connectivity index (χ4n) is 3.56. The van der Waals surface area contributed by atoms with Crippen molar-refractivity contribution in [3.8, 4) is 17.1 Å². The third kappa shape index (κ3) is 5.42. The molecule has 1 fully saturated rings. The van der Waals surface area contributed by atoms with Crippen molar-refractivity contribution in [1.29, 1.82) is 0 Å². The zero-order chi connectivity index (χ0) is 25.4. The van der Waals surface area contributed by atoms with Crippen LogP contribution in [-0.2, 0) is 4.74 Å². The number of anilines is 1. The highest BCUT2D eigenvalue weighted by atomic mass is 19.3. The normalized spacial score (nSPS) is 15.6. The van der Waals surface area contributed by atoms with Crippen LogP contribution in [0.25, 0.3) is 17.1 Å². The van der Waals surface area contributed by atoms with Crippen molar-refractivity contribution in [2.75, 3.05) is 18.8 Å². The van der Waals surface area contributed by atoms with Crippen LogP contribution in [0.15, 0.2) is 36.8 Å². The van der Waals surface area contributed by atoms with Gasteiger partial charge in [0.2, 0.25) is 0 Å². The van der Waals surface area contributed by atoms with Crippen LogP contribution >= 0.6 is 0 Å². The van der Waals surface area contributed by atoms with Gasteiger partial charge in [-0.15, -0.1) is 0 Å². The number of aromatic nitrogens is 5. The summed E-state index contributed by atoms with van der Waals surface area (Å²) in [6.45, 7) is 5.03. The Hall–Kier alpha value is -3.96. The van der Waals surface area contributed by atoms with E-state index < -0.39 is 36.2 Å². The molecule has 1 aliphatic rings. The van der Waals surface area contributed by atoms with E-state index in [0.29, 0.717) is 11.4 Å². The number of esters is 1. The number of likely N-dealkylation sites (tertiary alicyclic amines) is 1. The van der Waals surface area contributed by atoms with Gasteiger partial charge in [0.25, 0.3) is 11.8 Å². The lowest BCUT2D eigenvalue weighted by atomic mass is 10.1. The molecule has 12 heteroatoms. The van der Waals surface area contributed by atoms with E-state index in [4.69, 9.17) is 10.5 Å². The van der Waals surface area contributed by atoms with E-state index in [9.17, 15) is 18.4 Å². The molecule has 3 aromatic rings. The molecule has 10 nitrogen and oxygen atoms in total. The molecule has 0 aliphatic carbocycles. The lowest BCUT2D eigenvalue weighted by molar-refractivity contribution is -0.0495. The fraction of sp³-hybridized carbons (Fsp3) is 0.391. The number of carbonyl (C=O) groups is 2. The van der Waals surface area contributed by atoms with Gasteiger partial charge in [-0.25, -0.2) is 28.2 Å². The van der Waals surface area contributed by atoms with Crippen molar-refractivity contribution in [3.05, 3.63) is 48.2 Å². The summed E-state index contributed by atoms with van der Waals surface area (Å²) in [6.07, 6.45) is 3.54. The Kier molecular flexibility index (Phi) is 6.22. The molecule has 4 heterocycles. The Morgan fingerprint density at radius 3 is 2.46 bits per heavy atom. The molecule has 0 saturated carbocycles. The first-order valence-electron chi connectivity index (χ1n) is 11.0. The first kappa shape index (κ1) is 24.2. The first-order valence-corrected chi connectivity index (χ1v) is 11.0. The summed E-state index contributed by atoms with van der Waals surface area (Å²) in [4.78, 5) is 39.3. The van der Waals surface area contributed by atoms with Crippen LogP contribution in [0.2, 0.25) is 0 Å². The Morgan fingerprint density at radius 1 is 1.14 bits per heavy atom. The molecule has 0 atom stereocenters. The third-order valence-electron chi connectivity index (χ3n) is 5.25. The van der Waals surface area contributed by atoms with E-state index in [1.54, 1.807) is 39.1 Å². The third-order valence-corrected chi connectivity index (χ3v) is 5.25. The molecule has 0 unspecified atom stereocenters. The first-order chi connectivity index (χ1) is 16.4. The molecular weight excluding hydrogens is 460 g/mol. The lowest BCUT2D eigenvalue weighted by Gasteiger charge is -2.31. The van der Waals surface area contributed by atoms with Crippen LogP contribution in [-0.4, -0.2) is 66.1 Å². The lowest BCUT2D eigenvalue weighted by Crippen LogP contribution is -2.42. The van der Waals surface area contributed by atoms with Gasteiger partial charge < -0.3 is 15.4 Å². The van der Waals surface area contributed by atoms with Crippen LogP contribution < -0.4 is 5.73 Å². The average Bonchev–Trinajstić information content (AvgIpc) is 3.23. The number of alkyl halides is 2. The van der Waals surface area contributed by atoms with Crippen molar-refractivity contribution >= 4 is 17.7 Å². The Morgan fingerprint density at radius 2 is 1.86 bits per heavy atom. The summed E-state index contributed by atoms with van der Waals surface area (Å²) in [5.74, 6) is -4.02. The zero-order valence-electron chi connectivity index (χ0n) is 19.5. The van der Waals surface area contributed by atoms with Crippen molar-refractivity contribution in [2.24, 2.45) is 0 Å². The van der Waals surface area contributed by atoms with E-state index in [1.807, 2.05) is 0 Å². The largest absolute Gasteiger partial charge is 0.455 e. The van der Waals surface area contributed by atoms with Gasteiger partial charge in [0, 0.05) is 32.1 Å². The predicted octanol–water partition coefficient (Wildman–Crippen LogP) is 3.13. The molecule has 35 heavy (non-hydrogen) atoms. The van der Waals surface area contributed by atoms with Gasteiger partial charge in [-0.05, 0) is 39.0 Å². The maximum atomic E-state index is 13.6. The highest BCUT2D eigenvalue weighted by molar-refractivity contribution is 5.94. The highest BCUT2D eigenvalue weighted by Crippen LogP contribution is 2.30. The molecule has 2 N–H and O–H groups in total. The number of carbonyl (C=O) groups excluding carboxylic acids is 2. The van der Waals surface area contributed by atoms with E-state index in [2.05, 4.69) is 20.1 Å². The van der Waals surface area contributed by atoms with Gasteiger partial charge in [0.05, 0.1) is 23.8 Å². The number of pyridine rings is 1. The Bertz CT molecular complexity index is 1250. The van der Waals surface area contributed by atoms with Gasteiger partial charge in [0.15, 0.2) is 17.2 Å². The molecule has 4 rings (SSSR count). The number of hydrogen-bond acceptors (Lipinski definition) is 8. The van der Waals surface area contributed by atoms with Crippen LogP contribution in [0.3, 0.4) is 0 Å².